The van der Waals surface area contributed by atoms with E-state index in [4.69, 9.17) is 11.6 Å². The highest BCUT2D eigenvalue weighted by atomic mass is 35.5. The Morgan fingerprint density at radius 2 is 2.08 bits per heavy atom. The van der Waals surface area contributed by atoms with Crippen molar-refractivity contribution in [1.29, 1.82) is 0 Å². The van der Waals surface area contributed by atoms with Crippen LogP contribution in [0.2, 0.25) is 5.02 Å². The molecule has 3 amide bonds. The van der Waals surface area contributed by atoms with E-state index < -0.39 is 0 Å². The molecule has 1 aromatic carbocycles. The minimum absolute atomic E-state index is 0.0185. The Morgan fingerprint density at radius 1 is 1.25 bits per heavy atom. The third-order valence-electron chi connectivity index (χ3n) is 5.25. The molecule has 128 valence electrons. The number of fused-ring (bicyclic) bond motifs is 2. The minimum Gasteiger partial charge on any atom is -0.334 e. The van der Waals surface area contributed by atoms with E-state index in [0.717, 1.165) is 19.4 Å². The van der Waals surface area contributed by atoms with Crippen molar-refractivity contribution in [2.24, 2.45) is 5.92 Å². The highest BCUT2D eigenvalue weighted by Gasteiger charge is 2.40. The molecule has 1 aromatic rings. The fourth-order valence-corrected chi connectivity index (χ4v) is 4.35. The number of benzene rings is 1. The highest BCUT2D eigenvalue weighted by molar-refractivity contribution is 6.33. The van der Waals surface area contributed by atoms with Gasteiger partial charge in [-0.05, 0) is 37.4 Å². The van der Waals surface area contributed by atoms with Gasteiger partial charge in [-0.15, -0.1) is 0 Å². The van der Waals surface area contributed by atoms with Gasteiger partial charge in [-0.2, -0.15) is 0 Å². The number of nitrogens with one attached hydrogen (secondary N) is 3. The summed E-state index contributed by atoms with van der Waals surface area (Å²) >= 11 is 6.17. The van der Waals surface area contributed by atoms with Crippen LogP contribution in [0.25, 0.3) is 0 Å². The zero-order valence-corrected chi connectivity index (χ0v) is 14.1. The average Bonchev–Trinajstić information content (AvgIpc) is 3.24. The van der Waals surface area contributed by atoms with Gasteiger partial charge in [0.25, 0.3) is 0 Å². The average molecular weight is 349 g/mol. The molecule has 6 nitrogen and oxygen atoms in total. The van der Waals surface area contributed by atoms with Crippen LogP contribution in [0.15, 0.2) is 24.3 Å². The summed E-state index contributed by atoms with van der Waals surface area (Å²) in [6, 6.07) is 7.48. The van der Waals surface area contributed by atoms with Gasteiger partial charge in [-0.3, -0.25) is 4.79 Å². The number of carbonyl (C=O) groups excluding carboxylic acids is 2. The first kappa shape index (κ1) is 15.7. The number of para-hydroxylation sites is 1. The summed E-state index contributed by atoms with van der Waals surface area (Å²) < 4.78 is 0. The van der Waals surface area contributed by atoms with E-state index in [0.29, 0.717) is 35.6 Å². The van der Waals surface area contributed by atoms with E-state index >= 15 is 0 Å². The van der Waals surface area contributed by atoms with Crippen LogP contribution in [0.3, 0.4) is 0 Å². The number of amides is 3. The molecule has 24 heavy (non-hydrogen) atoms. The number of carbonyl (C=O) groups is 2. The quantitative estimate of drug-likeness (QED) is 0.775. The van der Waals surface area contributed by atoms with Crippen molar-refractivity contribution in [1.82, 2.24) is 16.0 Å². The molecule has 2 heterocycles. The summed E-state index contributed by atoms with van der Waals surface area (Å²) in [5, 5.41) is 9.95. The van der Waals surface area contributed by atoms with Crippen molar-refractivity contribution >= 4 is 29.2 Å². The van der Waals surface area contributed by atoms with Gasteiger partial charge in [-0.1, -0.05) is 23.7 Å². The first-order valence-corrected chi connectivity index (χ1v) is 8.83. The third kappa shape index (κ3) is 2.96. The Labute approximate surface area is 145 Å². The van der Waals surface area contributed by atoms with Gasteiger partial charge in [0, 0.05) is 25.0 Å². The first-order valence-electron chi connectivity index (χ1n) is 8.45. The van der Waals surface area contributed by atoms with Gasteiger partial charge in [0.05, 0.1) is 16.8 Å². The van der Waals surface area contributed by atoms with Crippen LogP contribution < -0.4 is 20.9 Å². The van der Waals surface area contributed by atoms with E-state index in [9.17, 15) is 9.59 Å². The van der Waals surface area contributed by atoms with Crippen LogP contribution in [0, 0.1) is 5.92 Å². The van der Waals surface area contributed by atoms with Gasteiger partial charge in [0.1, 0.15) is 0 Å². The van der Waals surface area contributed by atoms with Gasteiger partial charge >= 0.3 is 6.03 Å². The summed E-state index contributed by atoms with van der Waals surface area (Å²) in [7, 11) is 0. The number of piperidine rings is 1. The van der Waals surface area contributed by atoms with Gasteiger partial charge in [0.15, 0.2) is 0 Å². The van der Waals surface area contributed by atoms with Gasteiger partial charge in [0.2, 0.25) is 5.91 Å². The Hall–Kier alpha value is -1.79. The van der Waals surface area contributed by atoms with Crippen molar-refractivity contribution in [3.05, 3.63) is 29.3 Å². The number of anilines is 1. The number of rotatable bonds is 3. The van der Waals surface area contributed by atoms with E-state index in [1.54, 1.807) is 11.0 Å². The maximum Gasteiger partial charge on any atom is 0.315 e. The number of hydrogen-bond donors (Lipinski definition) is 3. The molecule has 0 spiro atoms. The second kappa shape index (κ2) is 6.26. The number of halogens is 1. The molecule has 2 bridgehead atoms. The normalized spacial score (nSPS) is 31.5. The van der Waals surface area contributed by atoms with Crippen LogP contribution in [-0.2, 0) is 4.79 Å². The zero-order valence-electron chi connectivity index (χ0n) is 13.3. The maximum atomic E-state index is 12.3. The standard InChI is InChI=1S/C17H21ClN4O2/c18-12-3-1-2-4-15(12)22-9-11(7-16(22)23)20-17(24)21-14-6-10-5-13(14)19-8-10/h1-4,10-11,13-14,19H,5-9H2,(H2,20,21,24)/t10-,11?,13+,14+/m0/s1. The summed E-state index contributed by atoms with van der Waals surface area (Å²) in [6.07, 6.45) is 2.49. The monoisotopic (exact) mass is 348 g/mol. The lowest BCUT2D eigenvalue weighted by Crippen LogP contribution is -2.53. The van der Waals surface area contributed by atoms with E-state index in [1.807, 2.05) is 18.2 Å². The van der Waals surface area contributed by atoms with Crippen molar-refractivity contribution in [2.75, 3.05) is 18.0 Å². The predicted octanol–water partition coefficient (Wildman–Crippen LogP) is 1.49. The molecule has 4 atom stereocenters. The fraction of sp³-hybridized carbons (Fsp3) is 0.529. The molecule has 1 unspecified atom stereocenters. The van der Waals surface area contributed by atoms with Crippen LogP contribution in [-0.4, -0.2) is 43.2 Å². The largest absolute Gasteiger partial charge is 0.334 e. The molecule has 0 aromatic heterocycles. The lowest BCUT2D eigenvalue weighted by Gasteiger charge is -2.25. The second-order valence-corrected chi connectivity index (χ2v) is 7.34. The molecule has 3 fully saturated rings. The van der Waals surface area contributed by atoms with Crippen molar-refractivity contribution in [3.8, 4) is 0 Å². The van der Waals surface area contributed by atoms with Crippen LogP contribution in [0.1, 0.15) is 19.3 Å². The number of hydrogen-bond acceptors (Lipinski definition) is 3. The smallest absolute Gasteiger partial charge is 0.315 e. The third-order valence-corrected chi connectivity index (χ3v) is 5.57. The van der Waals surface area contributed by atoms with Crippen molar-refractivity contribution in [3.63, 3.8) is 0 Å². The van der Waals surface area contributed by atoms with Gasteiger partial charge < -0.3 is 20.9 Å². The van der Waals surface area contributed by atoms with Crippen molar-refractivity contribution in [2.45, 2.75) is 37.4 Å². The molecular weight excluding hydrogens is 328 g/mol. The van der Waals surface area contributed by atoms with E-state index in [1.165, 1.54) is 0 Å². The summed E-state index contributed by atoms with van der Waals surface area (Å²) in [6.45, 7) is 1.51. The molecular formula is C17H21ClN4O2. The lowest BCUT2D eigenvalue weighted by molar-refractivity contribution is -0.117. The molecule has 4 rings (SSSR count). The molecule has 1 aliphatic carbocycles. The maximum absolute atomic E-state index is 12.3. The molecule has 1 saturated carbocycles. The van der Waals surface area contributed by atoms with E-state index in [2.05, 4.69) is 16.0 Å². The second-order valence-electron chi connectivity index (χ2n) is 6.93. The Kier molecular flexibility index (Phi) is 4.10. The Balaban J connectivity index is 1.34. The molecule has 0 radical (unpaired) electrons. The molecule has 2 saturated heterocycles. The first-order chi connectivity index (χ1) is 11.6. The Bertz CT molecular complexity index is 668. The highest BCUT2D eigenvalue weighted by Crippen LogP contribution is 2.31. The van der Waals surface area contributed by atoms with Crippen molar-refractivity contribution < 1.29 is 9.59 Å². The SMILES string of the molecule is O=C(NC1CC(=O)N(c2ccccc2Cl)C1)N[C@@H]1C[C@H]2CN[C@@H]1C2. The predicted molar refractivity (Wildman–Crippen MR) is 92.2 cm³/mol. The Morgan fingerprint density at radius 3 is 2.79 bits per heavy atom. The fourth-order valence-electron chi connectivity index (χ4n) is 4.12. The summed E-state index contributed by atoms with van der Waals surface area (Å²) in [5.41, 5.74) is 0.700. The van der Waals surface area contributed by atoms with Crippen LogP contribution >= 0.6 is 11.6 Å². The minimum atomic E-state index is -0.194. The summed E-state index contributed by atoms with van der Waals surface area (Å²) in [5.74, 6) is 0.666. The lowest BCUT2D eigenvalue weighted by atomic mass is 10.1. The molecule has 7 heteroatoms. The number of nitrogens with zero attached hydrogens (tertiary/aromatic N) is 1. The molecule has 2 aliphatic heterocycles. The summed E-state index contributed by atoms with van der Waals surface area (Å²) in [4.78, 5) is 26.1. The van der Waals surface area contributed by atoms with Gasteiger partial charge in [-0.25, -0.2) is 4.79 Å². The van der Waals surface area contributed by atoms with E-state index in [-0.39, 0.29) is 24.0 Å². The van der Waals surface area contributed by atoms with Crippen LogP contribution in [0.5, 0.6) is 0 Å². The molecule has 3 aliphatic rings. The number of urea groups is 1. The molecule has 3 N–H and O–H groups in total. The van der Waals surface area contributed by atoms with Crippen LogP contribution in [0.4, 0.5) is 10.5 Å². The zero-order chi connectivity index (χ0) is 16.7. The topological polar surface area (TPSA) is 73.5 Å².